The molecule has 3 aromatic rings. The third-order valence-corrected chi connectivity index (χ3v) is 4.08. The van der Waals surface area contributed by atoms with Crippen LogP contribution in [0.3, 0.4) is 0 Å². The number of methoxy groups -OCH3 is 1. The second kappa shape index (κ2) is 8.96. The smallest absolute Gasteiger partial charge is 0.255 e. The van der Waals surface area contributed by atoms with Crippen molar-refractivity contribution >= 4 is 0 Å². The predicted molar refractivity (Wildman–Crippen MR) is 109 cm³/mol. The van der Waals surface area contributed by atoms with E-state index in [2.05, 4.69) is 4.98 Å². The fourth-order valence-electron chi connectivity index (χ4n) is 2.61. The van der Waals surface area contributed by atoms with Crippen molar-refractivity contribution in [1.29, 1.82) is 0 Å². The van der Waals surface area contributed by atoms with E-state index in [1.165, 1.54) is 29.9 Å². The van der Waals surface area contributed by atoms with E-state index in [1.807, 2.05) is 0 Å². The summed E-state index contributed by atoms with van der Waals surface area (Å²) in [6.07, 6.45) is 2.70. The van der Waals surface area contributed by atoms with Crippen LogP contribution >= 0.6 is 0 Å². The molecule has 8 heteroatoms. The zero-order chi connectivity index (χ0) is 21.7. The van der Waals surface area contributed by atoms with Gasteiger partial charge >= 0.3 is 0 Å². The zero-order valence-electron chi connectivity index (χ0n) is 17.0. The second-order valence-corrected chi connectivity index (χ2v) is 7.28. The Kier molecular flexibility index (Phi) is 6.37. The van der Waals surface area contributed by atoms with Gasteiger partial charge in [0.2, 0.25) is 5.88 Å². The molecule has 1 aromatic carbocycles. The lowest BCUT2D eigenvalue weighted by Gasteiger charge is -2.19. The molecule has 2 aromatic heterocycles. The lowest BCUT2D eigenvalue weighted by molar-refractivity contribution is 0.0276. The first-order chi connectivity index (χ1) is 14.2. The molecular weight excluding hydrogens is 391 g/mol. The van der Waals surface area contributed by atoms with Crippen molar-refractivity contribution in [2.75, 3.05) is 13.7 Å². The third-order valence-electron chi connectivity index (χ3n) is 4.08. The standard InChI is InChI=1S/C22H23FN2O5/c1-22(2,27)14-30-18-6-5-17(11-19(18)28-3)25-9-8-15(10-21(25)26)13-29-20-7-4-16(23)12-24-20/h4-12,27H,13-14H2,1-3H3. The van der Waals surface area contributed by atoms with Crippen LogP contribution in [0.15, 0.2) is 59.7 Å². The fourth-order valence-corrected chi connectivity index (χ4v) is 2.61. The molecule has 0 aliphatic heterocycles. The van der Waals surface area contributed by atoms with Gasteiger partial charge in [-0.3, -0.25) is 9.36 Å². The molecule has 0 saturated carbocycles. The summed E-state index contributed by atoms with van der Waals surface area (Å²) in [5.74, 6) is 0.732. The lowest BCUT2D eigenvalue weighted by atomic mass is 10.2. The highest BCUT2D eigenvalue weighted by Gasteiger charge is 2.16. The minimum atomic E-state index is -0.984. The van der Waals surface area contributed by atoms with Crippen molar-refractivity contribution in [2.45, 2.75) is 26.1 Å². The molecule has 0 bridgehead atoms. The van der Waals surface area contributed by atoms with Crippen LogP contribution in [-0.2, 0) is 6.61 Å². The number of ether oxygens (including phenoxy) is 3. The summed E-state index contributed by atoms with van der Waals surface area (Å²) in [4.78, 5) is 16.4. The Labute approximate surface area is 173 Å². The molecule has 1 N–H and O–H groups in total. The first-order valence-corrected chi connectivity index (χ1v) is 9.25. The normalized spacial score (nSPS) is 11.2. The molecule has 0 fully saturated rings. The van der Waals surface area contributed by atoms with E-state index in [9.17, 15) is 14.3 Å². The van der Waals surface area contributed by atoms with Crippen LogP contribution in [0.5, 0.6) is 17.4 Å². The first kappa shape index (κ1) is 21.3. The Bertz CT molecular complexity index is 1060. The van der Waals surface area contributed by atoms with E-state index < -0.39 is 11.4 Å². The average molecular weight is 414 g/mol. The van der Waals surface area contributed by atoms with E-state index in [4.69, 9.17) is 14.2 Å². The predicted octanol–water partition coefficient (Wildman–Crippen LogP) is 3.11. The SMILES string of the molecule is COc1cc(-n2ccc(COc3ccc(F)cn3)cc2=O)ccc1OCC(C)(C)O. The molecule has 158 valence electrons. The molecule has 3 rings (SSSR count). The van der Waals surface area contributed by atoms with Crippen molar-refractivity contribution in [3.63, 3.8) is 0 Å². The summed E-state index contributed by atoms with van der Waals surface area (Å²) in [6, 6.07) is 11.0. The van der Waals surface area contributed by atoms with Crippen LogP contribution < -0.4 is 19.8 Å². The van der Waals surface area contributed by atoms with Crippen LogP contribution in [0.25, 0.3) is 5.69 Å². The molecule has 0 atom stereocenters. The van der Waals surface area contributed by atoms with E-state index in [0.717, 1.165) is 6.20 Å². The Morgan fingerprint density at radius 1 is 1.10 bits per heavy atom. The fraction of sp³-hybridized carbons (Fsp3) is 0.273. The Hall–Kier alpha value is -3.39. The molecule has 0 spiro atoms. The molecule has 7 nitrogen and oxygen atoms in total. The van der Waals surface area contributed by atoms with Gasteiger partial charge in [-0.15, -0.1) is 0 Å². The topological polar surface area (TPSA) is 82.8 Å². The van der Waals surface area contributed by atoms with Gasteiger partial charge in [0.05, 0.1) is 24.6 Å². The van der Waals surface area contributed by atoms with E-state index in [1.54, 1.807) is 44.3 Å². The van der Waals surface area contributed by atoms with Crippen molar-refractivity contribution in [1.82, 2.24) is 9.55 Å². The van der Waals surface area contributed by atoms with Gasteiger partial charge in [-0.25, -0.2) is 9.37 Å². The molecular formula is C22H23FN2O5. The summed E-state index contributed by atoms with van der Waals surface area (Å²) in [7, 11) is 1.50. The van der Waals surface area contributed by atoms with Gasteiger partial charge < -0.3 is 19.3 Å². The Morgan fingerprint density at radius 2 is 1.90 bits per heavy atom. The average Bonchev–Trinajstić information content (AvgIpc) is 2.71. The summed E-state index contributed by atoms with van der Waals surface area (Å²) in [5.41, 5.74) is 0.0112. The van der Waals surface area contributed by atoms with E-state index in [0.29, 0.717) is 22.7 Å². The van der Waals surface area contributed by atoms with Crippen LogP contribution in [0, 0.1) is 5.82 Å². The lowest BCUT2D eigenvalue weighted by Crippen LogP contribution is -2.28. The van der Waals surface area contributed by atoms with Gasteiger partial charge in [0.15, 0.2) is 11.5 Å². The summed E-state index contributed by atoms with van der Waals surface area (Å²) in [5, 5.41) is 9.82. The summed E-state index contributed by atoms with van der Waals surface area (Å²) < 4.78 is 30.8. The maximum Gasteiger partial charge on any atom is 0.255 e. The largest absolute Gasteiger partial charge is 0.493 e. The molecule has 0 amide bonds. The molecule has 2 heterocycles. The van der Waals surface area contributed by atoms with Gasteiger partial charge in [0.1, 0.15) is 19.0 Å². The van der Waals surface area contributed by atoms with Gasteiger partial charge in [-0.1, -0.05) is 0 Å². The van der Waals surface area contributed by atoms with Crippen molar-refractivity contribution in [3.8, 4) is 23.1 Å². The number of pyridine rings is 2. The quantitative estimate of drug-likeness (QED) is 0.610. The van der Waals surface area contributed by atoms with Crippen LogP contribution in [0.2, 0.25) is 0 Å². The molecule has 0 aliphatic carbocycles. The Balaban J connectivity index is 1.75. The number of nitrogens with zero attached hydrogens (tertiary/aromatic N) is 2. The van der Waals surface area contributed by atoms with Crippen molar-refractivity contribution in [3.05, 3.63) is 76.6 Å². The van der Waals surface area contributed by atoms with Gasteiger partial charge in [-0.2, -0.15) is 0 Å². The minimum Gasteiger partial charge on any atom is -0.493 e. The highest BCUT2D eigenvalue weighted by Crippen LogP contribution is 2.29. The molecule has 0 unspecified atom stereocenters. The third kappa shape index (κ3) is 5.57. The monoisotopic (exact) mass is 414 g/mol. The van der Waals surface area contributed by atoms with Gasteiger partial charge in [0.25, 0.3) is 5.56 Å². The molecule has 0 radical (unpaired) electrons. The van der Waals surface area contributed by atoms with Crippen molar-refractivity contribution in [2.24, 2.45) is 0 Å². The van der Waals surface area contributed by atoms with Crippen molar-refractivity contribution < 1.29 is 23.7 Å². The highest BCUT2D eigenvalue weighted by atomic mass is 19.1. The number of hydrogen-bond donors (Lipinski definition) is 1. The second-order valence-electron chi connectivity index (χ2n) is 7.28. The molecule has 30 heavy (non-hydrogen) atoms. The molecule has 0 aliphatic rings. The minimum absolute atomic E-state index is 0.0975. The summed E-state index contributed by atoms with van der Waals surface area (Å²) in [6.45, 7) is 3.51. The van der Waals surface area contributed by atoms with Gasteiger partial charge in [-0.05, 0) is 43.7 Å². The number of aromatic nitrogens is 2. The number of hydrogen-bond acceptors (Lipinski definition) is 6. The number of aliphatic hydroxyl groups is 1. The van der Waals surface area contributed by atoms with Crippen LogP contribution in [0.1, 0.15) is 19.4 Å². The van der Waals surface area contributed by atoms with Gasteiger partial charge in [0, 0.05) is 24.4 Å². The number of rotatable bonds is 8. The summed E-state index contributed by atoms with van der Waals surface area (Å²) >= 11 is 0. The van der Waals surface area contributed by atoms with E-state index in [-0.39, 0.29) is 24.7 Å². The Morgan fingerprint density at radius 3 is 2.53 bits per heavy atom. The molecule has 0 saturated heterocycles. The van der Waals surface area contributed by atoms with E-state index >= 15 is 0 Å². The van der Waals surface area contributed by atoms with Crippen LogP contribution in [0.4, 0.5) is 4.39 Å². The maximum absolute atomic E-state index is 12.9. The highest BCUT2D eigenvalue weighted by molar-refractivity contribution is 5.49. The maximum atomic E-state index is 12.9. The number of benzene rings is 1. The number of halogens is 1. The zero-order valence-corrected chi connectivity index (χ0v) is 17.0. The first-order valence-electron chi connectivity index (χ1n) is 9.25. The van der Waals surface area contributed by atoms with Crippen LogP contribution in [-0.4, -0.2) is 34.0 Å².